The van der Waals surface area contributed by atoms with Gasteiger partial charge in [-0.05, 0) is 26.0 Å². The van der Waals surface area contributed by atoms with Crippen molar-refractivity contribution >= 4 is 5.97 Å². The highest BCUT2D eigenvalue weighted by Gasteiger charge is 2.08. The first kappa shape index (κ1) is 16.3. The molecule has 0 radical (unpaired) electrons. The Balaban J connectivity index is 2.37. The minimum Gasteiger partial charge on any atom is -0.493 e. The lowest BCUT2D eigenvalue weighted by Crippen LogP contribution is -2.17. The van der Waals surface area contributed by atoms with Gasteiger partial charge in [-0.15, -0.1) is 0 Å². The molecular formula is C15H23NO4. The van der Waals surface area contributed by atoms with Crippen LogP contribution in [0.4, 0.5) is 0 Å². The van der Waals surface area contributed by atoms with E-state index in [0.29, 0.717) is 19.6 Å². The highest BCUT2D eigenvalue weighted by atomic mass is 16.5. The maximum Gasteiger partial charge on any atom is 0.305 e. The van der Waals surface area contributed by atoms with Crippen molar-refractivity contribution in [3.8, 4) is 11.5 Å². The predicted octanol–water partition coefficient (Wildman–Crippen LogP) is 2.14. The van der Waals surface area contributed by atoms with Crippen LogP contribution in [0.2, 0.25) is 0 Å². The summed E-state index contributed by atoms with van der Waals surface area (Å²) in [5, 5.41) is 3.28. The van der Waals surface area contributed by atoms with Gasteiger partial charge in [0.05, 0.1) is 20.8 Å². The van der Waals surface area contributed by atoms with E-state index in [2.05, 4.69) is 5.32 Å². The molecule has 0 unspecified atom stereocenters. The van der Waals surface area contributed by atoms with Gasteiger partial charge in [-0.2, -0.15) is 0 Å². The number of rotatable bonds is 9. The first-order chi connectivity index (χ1) is 9.72. The second kappa shape index (κ2) is 9.20. The minimum atomic E-state index is -0.145. The van der Waals surface area contributed by atoms with Crippen LogP contribution in [0.5, 0.6) is 11.5 Å². The quantitative estimate of drug-likeness (QED) is 0.555. The number of hydrogen-bond donors (Lipinski definition) is 1. The maximum absolute atomic E-state index is 11.2. The summed E-state index contributed by atoms with van der Waals surface area (Å²) in [5.74, 6) is 1.32. The van der Waals surface area contributed by atoms with E-state index in [1.165, 1.54) is 0 Å². The van der Waals surface area contributed by atoms with Gasteiger partial charge >= 0.3 is 5.97 Å². The molecule has 0 aliphatic carbocycles. The number of carbonyl (C=O) groups is 1. The summed E-state index contributed by atoms with van der Waals surface area (Å²) in [4.78, 5) is 11.2. The van der Waals surface area contributed by atoms with Crippen LogP contribution in [-0.4, -0.2) is 33.3 Å². The van der Waals surface area contributed by atoms with Crippen molar-refractivity contribution in [1.82, 2.24) is 5.32 Å². The number of benzene rings is 1. The fourth-order valence-corrected chi connectivity index (χ4v) is 1.91. The van der Waals surface area contributed by atoms with E-state index in [9.17, 15) is 4.79 Å². The van der Waals surface area contributed by atoms with Crippen LogP contribution < -0.4 is 14.8 Å². The van der Waals surface area contributed by atoms with Crippen molar-refractivity contribution in [2.75, 3.05) is 27.4 Å². The number of carbonyl (C=O) groups excluding carboxylic acids is 1. The number of nitrogens with one attached hydrogen (secondary N) is 1. The molecule has 112 valence electrons. The van der Waals surface area contributed by atoms with Crippen molar-refractivity contribution in [3.05, 3.63) is 23.8 Å². The molecule has 0 saturated heterocycles. The van der Waals surface area contributed by atoms with Crippen molar-refractivity contribution in [2.45, 2.75) is 26.3 Å². The van der Waals surface area contributed by atoms with Gasteiger partial charge in [0.15, 0.2) is 11.5 Å². The van der Waals surface area contributed by atoms with E-state index < -0.39 is 0 Å². The van der Waals surface area contributed by atoms with Gasteiger partial charge in [0.2, 0.25) is 0 Å². The van der Waals surface area contributed by atoms with Crippen LogP contribution in [0.1, 0.15) is 25.3 Å². The van der Waals surface area contributed by atoms with Crippen molar-refractivity contribution in [3.63, 3.8) is 0 Å². The Morgan fingerprint density at radius 3 is 2.70 bits per heavy atom. The molecule has 0 atom stereocenters. The molecule has 1 rings (SSSR count). The number of esters is 1. The average molecular weight is 281 g/mol. The number of para-hydroxylation sites is 1. The van der Waals surface area contributed by atoms with Crippen LogP contribution in [-0.2, 0) is 16.1 Å². The third-order valence-corrected chi connectivity index (χ3v) is 2.84. The van der Waals surface area contributed by atoms with Gasteiger partial charge in [0.1, 0.15) is 0 Å². The zero-order chi connectivity index (χ0) is 14.8. The first-order valence-corrected chi connectivity index (χ1v) is 6.79. The maximum atomic E-state index is 11.2. The normalized spacial score (nSPS) is 10.2. The second-order valence-electron chi connectivity index (χ2n) is 4.24. The Morgan fingerprint density at radius 1 is 1.25 bits per heavy atom. The Kier molecular flexibility index (Phi) is 7.50. The summed E-state index contributed by atoms with van der Waals surface area (Å²) in [7, 11) is 3.25. The summed E-state index contributed by atoms with van der Waals surface area (Å²) in [5.41, 5.74) is 1.03. The summed E-state index contributed by atoms with van der Waals surface area (Å²) < 4.78 is 15.5. The van der Waals surface area contributed by atoms with E-state index in [-0.39, 0.29) is 5.97 Å². The molecule has 0 heterocycles. The molecule has 1 N–H and O–H groups in total. The molecule has 0 saturated carbocycles. The van der Waals surface area contributed by atoms with Crippen molar-refractivity contribution < 1.29 is 19.0 Å². The summed E-state index contributed by atoms with van der Waals surface area (Å²) in [6.07, 6.45) is 1.20. The van der Waals surface area contributed by atoms with E-state index in [4.69, 9.17) is 14.2 Å². The molecular weight excluding hydrogens is 258 g/mol. The van der Waals surface area contributed by atoms with Gasteiger partial charge in [-0.25, -0.2) is 0 Å². The van der Waals surface area contributed by atoms with Crippen LogP contribution in [0.15, 0.2) is 18.2 Å². The molecule has 0 amide bonds. The summed E-state index contributed by atoms with van der Waals surface area (Å²) in [6, 6.07) is 5.78. The van der Waals surface area contributed by atoms with Gasteiger partial charge < -0.3 is 19.5 Å². The predicted molar refractivity (Wildman–Crippen MR) is 77.1 cm³/mol. The molecule has 0 aliphatic rings. The highest BCUT2D eigenvalue weighted by Crippen LogP contribution is 2.30. The van der Waals surface area contributed by atoms with Crippen LogP contribution in [0.3, 0.4) is 0 Å². The molecule has 1 aromatic rings. The van der Waals surface area contributed by atoms with Crippen LogP contribution in [0, 0.1) is 0 Å². The topological polar surface area (TPSA) is 56.8 Å². The fourth-order valence-electron chi connectivity index (χ4n) is 1.91. The molecule has 5 heteroatoms. The number of hydrogen-bond acceptors (Lipinski definition) is 5. The van der Waals surface area contributed by atoms with E-state index in [1.807, 2.05) is 25.1 Å². The molecule has 20 heavy (non-hydrogen) atoms. The van der Waals surface area contributed by atoms with Gasteiger partial charge in [-0.3, -0.25) is 4.79 Å². The third-order valence-electron chi connectivity index (χ3n) is 2.84. The highest BCUT2D eigenvalue weighted by molar-refractivity contribution is 5.69. The van der Waals surface area contributed by atoms with Crippen molar-refractivity contribution in [2.24, 2.45) is 0 Å². The van der Waals surface area contributed by atoms with E-state index in [0.717, 1.165) is 30.0 Å². The molecule has 1 aromatic carbocycles. The largest absolute Gasteiger partial charge is 0.493 e. The second-order valence-corrected chi connectivity index (χ2v) is 4.24. The molecule has 0 bridgehead atoms. The zero-order valence-electron chi connectivity index (χ0n) is 12.4. The average Bonchev–Trinajstić information content (AvgIpc) is 2.46. The molecule has 0 spiro atoms. The minimum absolute atomic E-state index is 0.145. The fraction of sp³-hybridized carbons (Fsp3) is 0.533. The molecule has 0 fully saturated rings. The standard InChI is InChI=1S/C15H23NO4/c1-4-20-14(17)9-6-10-16-11-12-7-5-8-13(18-2)15(12)19-3/h5,7-8,16H,4,6,9-11H2,1-3H3. The Morgan fingerprint density at radius 2 is 2.05 bits per heavy atom. The lowest BCUT2D eigenvalue weighted by molar-refractivity contribution is -0.143. The van der Waals surface area contributed by atoms with Crippen LogP contribution >= 0.6 is 0 Å². The zero-order valence-corrected chi connectivity index (χ0v) is 12.4. The monoisotopic (exact) mass is 281 g/mol. The third kappa shape index (κ3) is 5.09. The first-order valence-electron chi connectivity index (χ1n) is 6.79. The number of ether oxygens (including phenoxy) is 3. The van der Waals surface area contributed by atoms with Gasteiger partial charge in [-0.1, -0.05) is 12.1 Å². The Hall–Kier alpha value is -1.75. The van der Waals surface area contributed by atoms with E-state index >= 15 is 0 Å². The van der Waals surface area contributed by atoms with Crippen LogP contribution in [0.25, 0.3) is 0 Å². The smallest absolute Gasteiger partial charge is 0.305 e. The lowest BCUT2D eigenvalue weighted by atomic mass is 10.2. The summed E-state index contributed by atoms with van der Waals surface area (Å²) in [6.45, 7) is 3.67. The van der Waals surface area contributed by atoms with Crippen molar-refractivity contribution in [1.29, 1.82) is 0 Å². The lowest BCUT2D eigenvalue weighted by Gasteiger charge is -2.13. The number of methoxy groups -OCH3 is 2. The SMILES string of the molecule is CCOC(=O)CCCNCc1cccc(OC)c1OC. The van der Waals surface area contributed by atoms with Gasteiger partial charge in [0.25, 0.3) is 0 Å². The Bertz CT molecular complexity index is 420. The Labute approximate surface area is 120 Å². The van der Waals surface area contributed by atoms with Gasteiger partial charge in [0, 0.05) is 18.5 Å². The summed E-state index contributed by atoms with van der Waals surface area (Å²) >= 11 is 0. The molecule has 5 nitrogen and oxygen atoms in total. The molecule has 0 aromatic heterocycles. The van der Waals surface area contributed by atoms with E-state index in [1.54, 1.807) is 14.2 Å². The molecule has 0 aliphatic heterocycles.